The Morgan fingerprint density at radius 3 is 1.32 bits per heavy atom. The van der Waals surface area contributed by atoms with Crippen molar-refractivity contribution in [3.05, 3.63) is 48.5 Å². The molecule has 0 saturated carbocycles. The lowest BCUT2D eigenvalue weighted by atomic mass is 10.3. The van der Waals surface area contributed by atoms with Crippen LogP contribution in [0.15, 0.2) is 48.5 Å². The third-order valence-electron chi connectivity index (χ3n) is 2.85. The molecule has 25 heavy (non-hydrogen) atoms. The van der Waals surface area contributed by atoms with E-state index in [-0.39, 0.29) is 26.3 Å². The van der Waals surface area contributed by atoms with E-state index < -0.39 is 11.2 Å². The lowest BCUT2D eigenvalue weighted by Gasteiger charge is -2.35. The molecule has 138 valence electrons. The van der Waals surface area contributed by atoms with Gasteiger partial charge in [-0.15, -0.1) is 0 Å². The highest BCUT2D eigenvalue weighted by Crippen LogP contribution is 2.52. The fraction of sp³-hybridized carbons (Fsp3) is 0.250. The van der Waals surface area contributed by atoms with Crippen molar-refractivity contribution < 1.29 is 16.7 Å². The molecule has 8 nitrogen and oxygen atoms in total. The van der Waals surface area contributed by atoms with Crippen molar-refractivity contribution in [1.29, 1.82) is 0 Å². The van der Waals surface area contributed by atoms with Crippen LogP contribution in [0.2, 0.25) is 0 Å². The minimum Gasteiger partial charge on any atom is -0.399 e. The van der Waals surface area contributed by atoms with Crippen LogP contribution in [0.25, 0.3) is 0 Å². The van der Waals surface area contributed by atoms with E-state index in [4.69, 9.17) is 39.7 Å². The minimum absolute atomic E-state index is 0.184. The molecule has 0 atom stereocenters. The number of benzene rings is 2. The minimum atomic E-state index is -2.89. The second-order valence-electron chi connectivity index (χ2n) is 4.93. The number of rotatable bonds is 10. The first-order valence-corrected chi connectivity index (χ1v) is 9.02. The van der Waals surface area contributed by atoms with Crippen molar-refractivity contribution in [2.24, 2.45) is 11.5 Å². The van der Waals surface area contributed by atoms with Crippen molar-refractivity contribution >= 4 is 22.5 Å². The molecule has 2 aromatic carbocycles. The van der Waals surface area contributed by atoms with Gasteiger partial charge in [0.2, 0.25) is 0 Å². The second-order valence-corrected chi connectivity index (χ2v) is 6.56. The summed E-state index contributed by atoms with van der Waals surface area (Å²) in [5, 5.41) is 0. The molecular formula is C16H24N4O4S. The van der Waals surface area contributed by atoms with Crippen LogP contribution < -0.4 is 31.3 Å². The maximum Gasteiger partial charge on any atom is 0.325 e. The molecule has 0 aromatic heterocycles. The van der Waals surface area contributed by atoms with E-state index in [9.17, 15) is 0 Å². The normalized spacial score (nSPS) is 11.9. The molecule has 0 unspecified atom stereocenters. The largest absolute Gasteiger partial charge is 0.399 e. The van der Waals surface area contributed by atoms with Crippen LogP contribution in [0.1, 0.15) is 0 Å². The quantitative estimate of drug-likeness (QED) is 0.465. The second kappa shape index (κ2) is 9.35. The monoisotopic (exact) mass is 368 g/mol. The highest BCUT2D eigenvalue weighted by atomic mass is 32.3. The van der Waals surface area contributed by atoms with Gasteiger partial charge in [-0.3, -0.25) is 8.37 Å². The lowest BCUT2D eigenvalue weighted by Crippen LogP contribution is -2.25. The zero-order valence-electron chi connectivity index (χ0n) is 13.8. The Morgan fingerprint density at radius 2 is 1.00 bits per heavy atom. The summed E-state index contributed by atoms with van der Waals surface area (Å²) in [6, 6.07) is 13.6. The Labute approximate surface area is 149 Å². The van der Waals surface area contributed by atoms with E-state index in [1.807, 2.05) is 0 Å². The van der Waals surface area contributed by atoms with Gasteiger partial charge in [-0.1, -0.05) is 0 Å². The SMILES string of the molecule is NCCOS(OCCN)(Oc1ccc(N)cc1)Oc1ccc(N)cc1. The number of nitrogens with two attached hydrogens (primary N) is 4. The first-order chi connectivity index (χ1) is 12.1. The first-order valence-electron chi connectivity index (χ1n) is 7.69. The summed E-state index contributed by atoms with van der Waals surface area (Å²) in [6.07, 6.45) is 0. The molecule has 0 heterocycles. The average molecular weight is 368 g/mol. The molecule has 2 rings (SSSR count). The van der Waals surface area contributed by atoms with Gasteiger partial charge in [0.1, 0.15) is 11.5 Å². The van der Waals surface area contributed by atoms with Gasteiger partial charge in [-0.2, -0.15) is 0 Å². The van der Waals surface area contributed by atoms with Crippen LogP contribution in [0.4, 0.5) is 11.4 Å². The highest BCUT2D eigenvalue weighted by Gasteiger charge is 2.33. The van der Waals surface area contributed by atoms with Crippen LogP contribution in [-0.4, -0.2) is 26.3 Å². The van der Waals surface area contributed by atoms with Crippen molar-refractivity contribution in [3.8, 4) is 11.5 Å². The van der Waals surface area contributed by atoms with Crippen molar-refractivity contribution in [2.45, 2.75) is 0 Å². The molecule has 0 amide bonds. The maximum atomic E-state index is 5.91. The number of hydrogen-bond acceptors (Lipinski definition) is 8. The Balaban J connectivity index is 2.27. The van der Waals surface area contributed by atoms with Gasteiger partial charge in [0, 0.05) is 24.5 Å². The van der Waals surface area contributed by atoms with Gasteiger partial charge in [-0.25, -0.2) is 0 Å². The molecule has 0 aliphatic heterocycles. The van der Waals surface area contributed by atoms with E-state index in [2.05, 4.69) is 0 Å². The van der Waals surface area contributed by atoms with Crippen LogP contribution in [-0.2, 0) is 8.37 Å². The summed E-state index contributed by atoms with van der Waals surface area (Å²) in [5.74, 6) is 0.961. The average Bonchev–Trinajstić information content (AvgIpc) is 2.62. The number of anilines is 2. The topological polar surface area (TPSA) is 141 Å². The summed E-state index contributed by atoms with van der Waals surface area (Å²) < 4.78 is 23.3. The smallest absolute Gasteiger partial charge is 0.325 e. The van der Waals surface area contributed by atoms with Gasteiger partial charge in [0.15, 0.2) is 0 Å². The standard InChI is InChI=1S/C16H24N4O4S/c17-9-11-21-25(22-12-10-18,23-15-5-1-13(19)2-6-15)24-16-7-3-14(20)4-8-16/h1-8H,9-12,17-20H2. The third-order valence-corrected chi connectivity index (χ3v) is 4.55. The van der Waals surface area contributed by atoms with E-state index >= 15 is 0 Å². The highest BCUT2D eigenvalue weighted by molar-refractivity contribution is 8.18. The molecule has 0 radical (unpaired) electrons. The Hall–Kier alpha value is -2.17. The summed E-state index contributed by atoms with van der Waals surface area (Å²) >= 11 is -2.89. The molecule has 0 spiro atoms. The molecule has 0 aliphatic carbocycles. The van der Waals surface area contributed by atoms with E-state index in [1.165, 1.54) is 0 Å². The van der Waals surface area contributed by atoms with Gasteiger partial charge >= 0.3 is 11.2 Å². The fourth-order valence-electron chi connectivity index (χ4n) is 1.73. The van der Waals surface area contributed by atoms with Crippen LogP contribution in [0.3, 0.4) is 0 Å². The van der Waals surface area contributed by atoms with Crippen LogP contribution >= 0.6 is 11.2 Å². The summed E-state index contributed by atoms with van der Waals surface area (Å²) in [7, 11) is 0. The lowest BCUT2D eigenvalue weighted by molar-refractivity contribution is 0.173. The van der Waals surface area contributed by atoms with Crippen molar-refractivity contribution in [2.75, 3.05) is 37.8 Å². The van der Waals surface area contributed by atoms with Crippen LogP contribution in [0.5, 0.6) is 11.5 Å². The summed E-state index contributed by atoms with van der Waals surface area (Å²) in [4.78, 5) is 0. The van der Waals surface area contributed by atoms with Crippen molar-refractivity contribution in [3.63, 3.8) is 0 Å². The fourth-order valence-corrected chi connectivity index (χ4v) is 3.32. The Kier molecular flexibility index (Phi) is 7.16. The van der Waals surface area contributed by atoms with Gasteiger partial charge in [0.25, 0.3) is 0 Å². The molecule has 2 aromatic rings. The number of hydrogen-bond donors (Lipinski definition) is 4. The number of nitrogen functional groups attached to an aromatic ring is 2. The third kappa shape index (κ3) is 6.00. The van der Waals surface area contributed by atoms with E-state index in [1.54, 1.807) is 48.5 Å². The Bertz CT molecular complexity index is 582. The molecule has 9 heteroatoms. The summed E-state index contributed by atoms with van der Waals surface area (Å²) in [6.45, 7) is 0.918. The maximum absolute atomic E-state index is 5.91. The molecule has 0 bridgehead atoms. The zero-order chi connectivity index (χ0) is 18.1. The molecule has 0 aliphatic rings. The molecule has 8 N–H and O–H groups in total. The molecular weight excluding hydrogens is 344 g/mol. The first kappa shape index (κ1) is 19.2. The zero-order valence-corrected chi connectivity index (χ0v) is 14.6. The predicted molar refractivity (Wildman–Crippen MR) is 101 cm³/mol. The van der Waals surface area contributed by atoms with E-state index in [0.717, 1.165) is 0 Å². The van der Waals surface area contributed by atoms with E-state index in [0.29, 0.717) is 22.9 Å². The Morgan fingerprint density at radius 1 is 0.640 bits per heavy atom. The molecule has 0 saturated heterocycles. The van der Waals surface area contributed by atoms with Gasteiger partial charge in [0.05, 0.1) is 13.2 Å². The predicted octanol–water partition coefficient (Wildman–Crippen LogP) is 1.72. The van der Waals surface area contributed by atoms with Gasteiger partial charge in [-0.05, 0) is 48.5 Å². The summed E-state index contributed by atoms with van der Waals surface area (Å²) in [5.41, 5.74) is 23.7. The molecule has 0 fully saturated rings. The van der Waals surface area contributed by atoms with Gasteiger partial charge < -0.3 is 31.3 Å². The van der Waals surface area contributed by atoms with Crippen LogP contribution in [0, 0.1) is 0 Å². The van der Waals surface area contributed by atoms with Crippen molar-refractivity contribution in [1.82, 2.24) is 0 Å².